The maximum absolute atomic E-state index is 14.1. The van der Waals surface area contributed by atoms with Gasteiger partial charge in [0, 0.05) is 38.6 Å². The molecule has 0 radical (unpaired) electrons. The Bertz CT molecular complexity index is 775. The molecule has 5 rings (SSSR count). The summed E-state index contributed by atoms with van der Waals surface area (Å²) >= 11 is 0. The molecule has 1 spiro atoms. The molecule has 1 aliphatic carbocycles. The van der Waals surface area contributed by atoms with Gasteiger partial charge in [0.05, 0.1) is 30.4 Å². The average Bonchev–Trinajstić information content (AvgIpc) is 3.50. The van der Waals surface area contributed by atoms with Crippen LogP contribution in [0.5, 0.6) is 0 Å². The van der Waals surface area contributed by atoms with Crippen LogP contribution in [-0.2, 0) is 9.53 Å². The molecular weight excluding hydrogens is 349 g/mol. The number of piperazine rings is 1. The molecule has 6 nitrogen and oxygen atoms in total. The van der Waals surface area contributed by atoms with Crippen molar-refractivity contribution >= 4 is 11.8 Å². The molecule has 0 N–H and O–H groups in total. The van der Waals surface area contributed by atoms with Crippen molar-refractivity contribution in [1.82, 2.24) is 14.7 Å². The zero-order chi connectivity index (χ0) is 18.6. The van der Waals surface area contributed by atoms with Crippen LogP contribution >= 0.6 is 0 Å². The first-order chi connectivity index (χ1) is 13.1. The molecule has 3 aliphatic heterocycles. The minimum atomic E-state index is -0.488. The molecule has 1 saturated carbocycles. The van der Waals surface area contributed by atoms with E-state index in [1.165, 1.54) is 12.1 Å². The summed E-state index contributed by atoms with van der Waals surface area (Å²) in [5.74, 6) is -0.298. The predicted molar refractivity (Wildman–Crippen MR) is 95.7 cm³/mol. The van der Waals surface area contributed by atoms with Gasteiger partial charge in [-0.3, -0.25) is 14.5 Å². The first kappa shape index (κ1) is 17.1. The summed E-state index contributed by atoms with van der Waals surface area (Å²) in [7, 11) is 0. The Hall–Kier alpha value is -1.99. The smallest absolute Gasteiger partial charge is 0.256 e. The second-order valence-corrected chi connectivity index (χ2v) is 8.28. The molecule has 4 fully saturated rings. The van der Waals surface area contributed by atoms with Crippen LogP contribution in [0.3, 0.4) is 0 Å². The lowest BCUT2D eigenvalue weighted by molar-refractivity contribution is -0.173. The van der Waals surface area contributed by atoms with Crippen molar-refractivity contribution in [2.24, 2.45) is 5.92 Å². The van der Waals surface area contributed by atoms with Gasteiger partial charge in [-0.2, -0.15) is 0 Å². The SMILES string of the molecule is O=C(c1ccccc1F)N1CC2COCCN2C2(C1)CN(C(=O)C1CC1)C2. The Kier molecular flexibility index (Phi) is 3.98. The minimum Gasteiger partial charge on any atom is -0.378 e. The quantitative estimate of drug-likeness (QED) is 0.775. The topological polar surface area (TPSA) is 53.1 Å². The Morgan fingerprint density at radius 3 is 2.59 bits per heavy atom. The molecule has 7 heteroatoms. The number of morpholine rings is 1. The van der Waals surface area contributed by atoms with Gasteiger partial charge in [0.15, 0.2) is 0 Å². The summed E-state index contributed by atoms with van der Waals surface area (Å²) in [6, 6.07) is 6.24. The number of carbonyl (C=O) groups excluding carboxylic acids is 2. The van der Waals surface area contributed by atoms with Gasteiger partial charge in [-0.05, 0) is 25.0 Å². The van der Waals surface area contributed by atoms with E-state index in [0.717, 1.165) is 19.4 Å². The van der Waals surface area contributed by atoms with Crippen LogP contribution in [0.2, 0.25) is 0 Å². The Morgan fingerprint density at radius 2 is 1.85 bits per heavy atom. The maximum atomic E-state index is 14.1. The zero-order valence-electron chi connectivity index (χ0n) is 15.3. The number of benzene rings is 1. The lowest BCUT2D eigenvalue weighted by Gasteiger charge is -2.63. The van der Waals surface area contributed by atoms with Gasteiger partial charge >= 0.3 is 0 Å². The lowest BCUT2D eigenvalue weighted by atomic mass is 9.82. The van der Waals surface area contributed by atoms with E-state index in [1.54, 1.807) is 17.0 Å². The van der Waals surface area contributed by atoms with Gasteiger partial charge in [0.25, 0.3) is 5.91 Å². The first-order valence-electron chi connectivity index (χ1n) is 9.74. The second-order valence-electron chi connectivity index (χ2n) is 8.28. The summed E-state index contributed by atoms with van der Waals surface area (Å²) < 4.78 is 19.8. The van der Waals surface area contributed by atoms with E-state index in [9.17, 15) is 14.0 Å². The van der Waals surface area contributed by atoms with E-state index in [-0.39, 0.29) is 34.9 Å². The van der Waals surface area contributed by atoms with Gasteiger partial charge < -0.3 is 14.5 Å². The number of carbonyl (C=O) groups is 2. The molecule has 3 heterocycles. The van der Waals surface area contributed by atoms with Crippen LogP contribution in [-0.4, -0.2) is 84.0 Å². The van der Waals surface area contributed by atoms with Crippen LogP contribution in [0, 0.1) is 11.7 Å². The van der Waals surface area contributed by atoms with Crippen LogP contribution in [0.15, 0.2) is 24.3 Å². The number of fused-ring (bicyclic) bond motifs is 2. The van der Waals surface area contributed by atoms with E-state index in [1.807, 2.05) is 4.90 Å². The van der Waals surface area contributed by atoms with Gasteiger partial charge in [-0.15, -0.1) is 0 Å². The van der Waals surface area contributed by atoms with Crippen LogP contribution in [0.1, 0.15) is 23.2 Å². The van der Waals surface area contributed by atoms with Crippen LogP contribution < -0.4 is 0 Å². The van der Waals surface area contributed by atoms with Crippen molar-refractivity contribution in [2.45, 2.75) is 24.4 Å². The molecule has 0 bridgehead atoms. The number of amides is 2. The van der Waals surface area contributed by atoms with Gasteiger partial charge in [-0.25, -0.2) is 4.39 Å². The third kappa shape index (κ3) is 2.84. The fourth-order valence-electron chi connectivity index (χ4n) is 4.85. The normalized spacial score (nSPS) is 27.2. The Morgan fingerprint density at radius 1 is 1.11 bits per heavy atom. The molecule has 3 saturated heterocycles. The summed E-state index contributed by atoms with van der Waals surface area (Å²) in [6.45, 7) is 4.43. The number of ether oxygens (including phenoxy) is 1. The van der Waals surface area contributed by atoms with Crippen molar-refractivity contribution in [1.29, 1.82) is 0 Å². The molecule has 27 heavy (non-hydrogen) atoms. The van der Waals surface area contributed by atoms with Gasteiger partial charge in [0.1, 0.15) is 5.82 Å². The third-order valence-electron chi connectivity index (χ3n) is 6.35. The molecule has 2 amide bonds. The molecule has 144 valence electrons. The highest BCUT2D eigenvalue weighted by atomic mass is 19.1. The van der Waals surface area contributed by atoms with Crippen LogP contribution in [0.4, 0.5) is 4.39 Å². The van der Waals surface area contributed by atoms with Crippen molar-refractivity contribution in [3.63, 3.8) is 0 Å². The van der Waals surface area contributed by atoms with Gasteiger partial charge in [-0.1, -0.05) is 12.1 Å². The van der Waals surface area contributed by atoms with Crippen molar-refractivity contribution in [3.05, 3.63) is 35.6 Å². The van der Waals surface area contributed by atoms with Crippen LogP contribution in [0.25, 0.3) is 0 Å². The monoisotopic (exact) mass is 373 g/mol. The molecule has 0 aromatic heterocycles. The van der Waals surface area contributed by atoms with E-state index in [4.69, 9.17) is 4.74 Å². The number of hydrogen-bond acceptors (Lipinski definition) is 4. The largest absolute Gasteiger partial charge is 0.378 e. The Balaban J connectivity index is 1.38. The minimum absolute atomic E-state index is 0.0985. The fourth-order valence-corrected chi connectivity index (χ4v) is 4.85. The summed E-state index contributed by atoms with van der Waals surface area (Å²) in [5.41, 5.74) is -0.110. The van der Waals surface area contributed by atoms with Crippen molar-refractivity contribution in [2.75, 3.05) is 45.9 Å². The number of rotatable bonds is 2. The molecule has 1 aromatic rings. The van der Waals surface area contributed by atoms with Crippen molar-refractivity contribution < 1.29 is 18.7 Å². The van der Waals surface area contributed by atoms with E-state index < -0.39 is 5.82 Å². The molecular formula is C20H24FN3O3. The molecule has 1 aromatic carbocycles. The summed E-state index contributed by atoms with van der Waals surface area (Å²) in [5, 5.41) is 0. The van der Waals surface area contributed by atoms with Crippen molar-refractivity contribution in [3.8, 4) is 0 Å². The number of nitrogens with zero attached hydrogens (tertiary/aromatic N) is 3. The second kappa shape index (κ2) is 6.27. The number of halogens is 1. The third-order valence-corrected chi connectivity index (χ3v) is 6.35. The molecule has 4 aliphatic rings. The highest BCUT2D eigenvalue weighted by Crippen LogP contribution is 2.40. The number of hydrogen-bond donors (Lipinski definition) is 0. The zero-order valence-corrected chi connectivity index (χ0v) is 15.3. The standard InChI is InChI=1S/C20H24FN3O3/c21-17-4-2-1-3-16(17)19(26)22-9-15-10-27-8-7-24(15)20(11-22)12-23(13-20)18(25)14-5-6-14/h1-4,14-15H,5-13H2. The Labute approximate surface area is 157 Å². The average molecular weight is 373 g/mol. The summed E-state index contributed by atoms with van der Waals surface area (Å²) in [6.07, 6.45) is 2.00. The first-order valence-corrected chi connectivity index (χ1v) is 9.74. The van der Waals surface area contributed by atoms with Gasteiger partial charge in [0.2, 0.25) is 5.91 Å². The molecule has 1 unspecified atom stereocenters. The molecule has 1 atom stereocenters. The lowest BCUT2D eigenvalue weighted by Crippen LogP contribution is -2.81. The fraction of sp³-hybridized carbons (Fsp3) is 0.600. The predicted octanol–water partition coefficient (Wildman–Crippen LogP) is 0.973. The maximum Gasteiger partial charge on any atom is 0.256 e. The van der Waals surface area contributed by atoms with E-state index in [0.29, 0.717) is 39.4 Å². The summed E-state index contributed by atoms with van der Waals surface area (Å²) in [4.78, 5) is 31.5. The van der Waals surface area contributed by atoms with E-state index >= 15 is 0 Å². The number of likely N-dealkylation sites (tertiary alicyclic amines) is 1. The highest BCUT2D eigenvalue weighted by Gasteiger charge is 2.57. The van der Waals surface area contributed by atoms with E-state index in [2.05, 4.69) is 4.90 Å². The highest BCUT2D eigenvalue weighted by molar-refractivity contribution is 5.94.